The van der Waals surface area contributed by atoms with Crippen LogP contribution in [0.1, 0.15) is 41.1 Å². The minimum Gasteiger partial charge on any atom is -0.462 e. The van der Waals surface area contributed by atoms with Crippen LogP contribution in [-0.4, -0.2) is 18.5 Å². The molecule has 0 radical (unpaired) electrons. The average Bonchev–Trinajstić information content (AvgIpc) is 3.14. The Bertz CT molecular complexity index is 632. The van der Waals surface area contributed by atoms with E-state index in [-0.39, 0.29) is 11.9 Å². The van der Waals surface area contributed by atoms with E-state index in [1.165, 1.54) is 11.3 Å². The molecule has 2 heterocycles. The summed E-state index contributed by atoms with van der Waals surface area (Å²) < 4.78 is 5.04. The highest BCUT2D eigenvalue weighted by Crippen LogP contribution is 2.29. The van der Waals surface area contributed by atoms with Gasteiger partial charge in [0.05, 0.1) is 12.2 Å². The Hall–Kier alpha value is -1.66. The maximum atomic E-state index is 12.1. The van der Waals surface area contributed by atoms with E-state index in [9.17, 15) is 9.59 Å². The summed E-state index contributed by atoms with van der Waals surface area (Å²) in [4.78, 5) is 25.1. The van der Waals surface area contributed by atoms with Crippen LogP contribution in [0.25, 0.3) is 0 Å². The van der Waals surface area contributed by atoms with Crippen LogP contribution in [0.15, 0.2) is 22.9 Å². The molecule has 0 aromatic carbocycles. The van der Waals surface area contributed by atoms with E-state index in [2.05, 4.69) is 5.32 Å². The predicted octanol–water partition coefficient (Wildman–Crippen LogP) is 4.12. The van der Waals surface area contributed by atoms with Crippen LogP contribution in [-0.2, 0) is 22.4 Å². The lowest BCUT2D eigenvalue weighted by atomic mass is 10.2. The molecule has 22 heavy (non-hydrogen) atoms. The van der Waals surface area contributed by atoms with Gasteiger partial charge in [-0.25, -0.2) is 4.79 Å². The zero-order valence-electron chi connectivity index (χ0n) is 12.7. The molecule has 0 atom stereocenters. The SMILES string of the molecule is CCOC(=O)c1cc(CC)sc1NC(=O)CCc1ccsc1. The number of thiophene rings is 2. The Morgan fingerprint density at radius 3 is 2.77 bits per heavy atom. The summed E-state index contributed by atoms with van der Waals surface area (Å²) >= 11 is 3.06. The van der Waals surface area contributed by atoms with Gasteiger partial charge >= 0.3 is 5.97 Å². The van der Waals surface area contributed by atoms with Gasteiger partial charge in [0, 0.05) is 11.3 Å². The smallest absolute Gasteiger partial charge is 0.341 e. The number of nitrogens with one attached hydrogen (secondary N) is 1. The Kier molecular flexibility index (Phi) is 6.15. The molecule has 2 rings (SSSR count). The van der Waals surface area contributed by atoms with E-state index in [4.69, 9.17) is 4.74 Å². The van der Waals surface area contributed by atoms with E-state index in [1.807, 2.05) is 23.8 Å². The Labute approximate surface area is 138 Å². The van der Waals surface area contributed by atoms with Gasteiger partial charge in [-0.2, -0.15) is 11.3 Å². The number of rotatable bonds is 7. The standard InChI is InChI=1S/C16H19NO3S2/c1-3-12-9-13(16(19)20-4-2)15(22-12)17-14(18)6-5-11-7-8-21-10-11/h7-10H,3-6H2,1-2H3,(H,17,18). The highest BCUT2D eigenvalue weighted by molar-refractivity contribution is 7.16. The van der Waals surface area contributed by atoms with Gasteiger partial charge in [-0.3, -0.25) is 4.79 Å². The number of hydrogen-bond donors (Lipinski definition) is 1. The van der Waals surface area contributed by atoms with Gasteiger partial charge in [-0.1, -0.05) is 6.92 Å². The molecule has 0 unspecified atom stereocenters. The highest BCUT2D eigenvalue weighted by atomic mass is 32.1. The van der Waals surface area contributed by atoms with Crippen LogP contribution >= 0.6 is 22.7 Å². The predicted molar refractivity (Wildman–Crippen MR) is 90.9 cm³/mol. The van der Waals surface area contributed by atoms with Gasteiger partial charge in [0.15, 0.2) is 0 Å². The number of aryl methyl sites for hydroxylation is 2. The molecule has 118 valence electrons. The molecule has 0 aliphatic rings. The second-order valence-electron chi connectivity index (χ2n) is 4.71. The van der Waals surface area contributed by atoms with Crippen LogP contribution in [0, 0.1) is 0 Å². The zero-order valence-corrected chi connectivity index (χ0v) is 14.3. The van der Waals surface area contributed by atoms with Crippen molar-refractivity contribution in [3.63, 3.8) is 0 Å². The molecule has 0 spiro atoms. The van der Waals surface area contributed by atoms with Gasteiger partial charge in [0.25, 0.3) is 0 Å². The third-order valence-electron chi connectivity index (χ3n) is 3.10. The molecule has 0 fully saturated rings. The first-order valence-corrected chi connectivity index (χ1v) is 9.00. The summed E-state index contributed by atoms with van der Waals surface area (Å²) in [5, 5.41) is 7.48. The van der Waals surface area contributed by atoms with Crippen molar-refractivity contribution >= 4 is 39.6 Å². The maximum absolute atomic E-state index is 12.1. The van der Waals surface area contributed by atoms with Crippen LogP contribution in [0.2, 0.25) is 0 Å². The summed E-state index contributed by atoms with van der Waals surface area (Å²) in [6, 6.07) is 3.82. The molecule has 0 aliphatic heterocycles. The maximum Gasteiger partial charge on any atom is 0.341 e. The largest absolute Gasteiger partial charge is 0.462 e. The van der Waals surface area contributed by atoms with Crippen molar-refractivity contribution in [2.75, 3.05) is 11.9 Å². The molecule has 0 aliphatic carbocycles. The molecular formula is C16H19NO3S2. The molecular weight excluding hydrogens is 318 g/mol. The minimum atomic E-state index is -0.383. The molecule has 1 amide bonds. The fourth-order valence-electron chi connectivity index (χ4n) is 1.95. The zero-order chi connectivity index (χ0) is 15.9. The van der Waals surface area contributed by atoms with Crippen LogP contribution < -0.4 is 5.32 Å². The normalized spacial score (nSPS) is 10.5. The number of carbonyl (C=O) groups is 2. The molecule has 0 bridgehead atoms. The van der Waals surface area contributed by atoms with E-state index < -0.39 is 0 Å². The van der Waals surface area contributed by atoms with Crippen molar-refractivity contribution < 1.29 is 14.3 Å². The van der Waals surface area contributed by atoms with Crippen molar-refractivity contribution in [1.82, 2.24) is 0 Å². The van der Waals surface area contributed by atoms with Crippen molar-refractivity contribution in [2.45, 2.75) is 33.1 Å². The van der Waals surface area contributed by atoms with Gasteiger partial charge in [-0.05, 0) is 48.2 Å². The van der Waals surface area contributed by atoms with Gasteiger partial charge in [0.1, 0.15) is 5.00 Å². The monoisotopic (exact) mass is 337 g/mol. The number of hydrogen-bond acceptors (Lipinski definition) is 5. The first kappa shape index (κ1) is 16.7. The van der Waals surface area contributed by atoms with Crippen LogP contribution in [0.5, 0.6) is 0 Å². The van der Waals surface area contributed by atoms with Gasteiger partial charge in [0.2, 0.25) is 5.91 Å². The first-order valence-electron chi connectivity index (χ1n) is 7.24. The summed E-state index contributed by atoms with van der Waals surface area (Å²) in [6.07, 6.45) is 1.93. The molecule has 2 aromatic heterocycles. The third-order valence-corrected chi connectivity index (χ3v) is 5.03. The number of amides is 1. The molecule has 6 heteroatoms. The Morgan fingerprint density at radius 1 is 1.32 bits per heavy atom. The third kappa shape index (κ3) is 4.42. The summed E-state index contributed by atoms with van der Waals surface area (Å²) in [6.45, 7) is 4.11. The minimum absolute atomic E-state index is 0.0822. The first-order chi connectivity index (χ1) is 10.6. The number of carbonyl (C=O) groups excluding carboxylic acids is 2. The van der Waals surface area contributed by atoms with Crippen LogP contribution in [0.4, 0.5) is 5.00 Å². The van der Waals surface area contributed by atoms with E-state index >= 15 is 0 Å². The van der Waals surface area contributed by atoms with Crippen molar-refractivity contribution in [3.05, 3.63) is 38.9 Å². The highest BCUT2D eigenvalue weighted by Gasteiger charge is 2.18. The number of anilines is 1. The lowest BCUT2D eigenvalue weighted by Gasteiger charge is -2.05. The van der Waals surface area contributed by atoms with E-state index in [0.29, 0.717) is 30.0 Å². The quantitative estimate of drug-likeness (QED) is 0.773. The molecule has 2 aromatic rings. The second-order valence-corrected chi connectivity index (χ2v) is 6.63. The fourth-order valence-corrected chi connectivity index (χ4v) is 3.66. The summed E-state index contributed by atoms with van der Waals surface area (Å²) in [5.41, 5.74) is 1.61. The van der Waals surface area contributed by atoms with Crippen molar-refractivity contribution in [3.8, 4) is 0 Å². The average molecular weight is 337 g/mol. The number of esters is 1. The lowest BCUT2D eigenvalue weighted by molar-refractivity contribution is -0.116. The molecule has 4 nitrogen and oxygen atoms in total. The number of ether oxygens (including phenoxy) is 1. The Balaban J connectivity index is 2.02. The topological polar surface area (TPSA) is 55.4 Å². The second kappa shape index (κ2) is 8.10. The van der Waals surface area contributed by atoms with Crippen LogP contribution in [0.3, 0.4) is 0 Å². The van der Waals surface area contributed by atoms with Gasteiger partial charge < -0.3 is 10.1 Å². The summed E-state index contributed by atoms with van der Waals surface area (Å²) in [5.74, 6) is -0.465. The van der Waals surface area contributed by atoms with Crippen molar-refractivity contribution in [2.24, 2.45) is 0 Å². The molecule has 0 saturated carbocycles. The summed E-state index contributed by atoms with van der Waals surface area (Å²) in [7, 11) is 0. The molecule has 0 saturated heterocycles. The van der Waals surface area contributed by atoms with E-state index in [0.717, 1.165) is 16.9 Å². The van der Waals surface area contributed by atoms with Crippen molar-refractivity contribution in [1.29, 1.82) is 0 Å². The fraction of sp³-hybridized carbons (Fsp3) is 0.375. The van der Waals surface area contributed by atoms with Gasteiger partial charge in [-0.15, -0.1) is 11.3 Å². The Morgan fingerprint density at radius 2 is 2.14 bits per heavy atom. The molecule has 1 N–H and O–H groups in total. The lowest BCUT2D eigenvalue weighted by Crippen LogP contribution is -2.14. The van der Waals surface area contributed by atoms with E-state index in [1.54, 1.807) is 24.3 Å².